The van der Waals surface area contributed by atoms with Crippen LogP contribution in [0.5, 0.6) is 0 Å². The van der Waals surface area contributed by atoms with Gasteiger partial charge in [-0.25, -0.2) is 0 Å². The molecule has 1 aromatic rings. The molecule has 2 nitrogen and oxygen atoms in total. The van der Waals surface area contributed by atoms with Gasteiger partial charge in [-0.15, -0.1) is 0 Å². The van der Waals surface area contributed by atoms with E-state index in [1.165, 1.54) is 49.9 Å². The van der Waals surface area contributed by atoms with Gasteiger partial charge < -0.3 is 10.2 Å². The fourth-order valence-electron chi connectivity index (χ4n) is 3.22. The van der Waals surface area contributed by atoms with Crippen molar-refractivity contribution in [1.82, 2.24) is 5.32 Å². The fraction of sp³-hybridized carbons (Fsp3) is 0.684. The van der Waals surface area contributed by atoms with E-state index in [0.717, 1.165) is 6.54 Å². The van der Waals surface area contributed by atoms with Gasteiger partial charge in [-0.1, -0.05) is 38.0 Å². The van der Waals surface area contributed by atoms with Crippen LogP contribution in [0.2, 0.25) is 0 Å². The Kier molecular flexibility index (Phi) is 5.69. The largest absolute Gasteiger partial charge is 0.368 e. The van der Waals surface area contributed by atoms with Gasteiger partial charge in [0.2, 0.25) is 0 Å². The molecule has 1 heterocycles. The van der Waals surface area contributed by atoms with E-state index >= 15 is 0 Å². The molecular weight excluding hydrogens is 256 g/mol. The second-order valence-corrected chi connectivity index (χ2v) is 7.34. The molecule has 1 fully saturated rings. The highest BCUT2D eigenvalue weighted by Gasteiger charge is 2.22. The third kappa shape index (κ3) is 4.74. The summed E-state index contributed by atoms with van der Waals surface area (Å²) < 4.78 is 0. The first-order valence-corrected chi connectivity index (χ1v) is 8.61. The van der Waals surface area contributed by atoms with Crippen LogP contribution >= 0.6 is 0 Å². The van der Waals surface area contributed by atoms with Gasteiger partial charge in [-0.05, 0) is 51.7 Å². The minimum Gasteiger partial charge on any atom is -0.368 e. The predicted molar refractivity (Wildman–Crippen MR) is 92.9 cm³/mol. The summed E-state index contributed by atoms with van der Waals surface area (Å²) in [4.78, 5) is 2.67. The lowest BCUT2D eigenvalue weighted by Gasteiger charge is -2.34. The van der Waals surface area contributed by atoms with E-state index in [-0.39, 0.29) is 5.54 Å². The Morgan fingerprint density at radius 2 is 1.90 bits per heavy atom. The summed E-state index contributed by atoms with van der Waals surface area (Å²) in [5, 5.41) is 3.64. The molecule has 1 saturated heterocycles. The van der Waals surface area contributed by atoms with Gasteiger partial charge in [0.25, 0.3) is 0 Å². The minimum absolute atomic E-state index is 0.163. The van der Waals surface area contributed by atoms with Crippen molar-refractivity contribution in [3.63, 3.8) is 0 Å². The summed E-state index contributed by atoms with van der Waals surface area (Å²) in [6, 6.07) is 9.66. The van der Waals surface area contributed by atoms with Crippen LogP contribution in [-0.4, -0.2) is 18.1 Å². The maximum absolute atomic E-state index is 3.64. The number of nitrogens with zero attached hydrogens (tertiary/aromatic N) is 1. The molecule has 21 heavy (non-hydrogen) atoms. The molecule has 0 aromatic heterocycles. The van der Waals surface area contributed by atoms with Gasteiger partial charge in [0.05, 0.1) is 0 Å². The van der Waals surface area contributed by atoms with Crippen molar-refractivity contribution in [3.8, 4) is 0 Å². The molecule has 2 rings (SSSR count). The third-order valence-corrected chi connectivity index (χ3v) is 4.46. The van der Waals surface area contributed by atoms with Gasteiger partial charge >= 0.3 is 0 Å². The summed E-state index contributed by atoms with van der Waals surface area (Å²) in [6.45, 7) is 11.2. The number of nitrogens with one attached hydrogen (secondary N) is 1. The predicted octanol–water partition coefficient (Wildman–Crippen LogP) is 4.73. The molecule has 0 saturated carbocycles. The molecular formula is C19H32N2. The topological polar surface area (TPSA) is 15.3 Å². The van der Waals surface area contributed by atoms with E-state index in [2.05, 4.69) is 62.2 Å². The van der Waals surface area contributed by atoms with Crippen LogP contribution in [-0.2, 0) is 6.54 Å². The molecule has 0 spiro atoms. The van der Waals surface area contributed by atoms with Crippen LogP contribution < -0.4 is 10.2 Å². The van der Waals surface area contributed by atoms with Gasteiger partial charge in [-0.2, -0.15) is 0 Å². The van der Waals surface area contributed by atoms with Gasteiger partial charge in [-0.3, -0.25) is 0 Å². The van der Waals surface area contributed by atoms with Crippen molar-refractivity contribution in [1.29, 1.82) is 0 Å². The number of hydrogen-bond acceptors (Lipinski definition) is 2. The summed E-state index contributed by atoms with van der Waals surface area (Å²) in [7, 11) is 0. The SMILES string of the molecule is CCC1CCCCCN1c1ccccc1CNC(C)(C)C. The average Bonchev–Trinajstić information content (AvgIpc) is 2.69. The first-order chi connectivity index (χ1) is 10.0. The van der Waals surface area contributed by atoms with Crippen LogP contribution in [0.25, 0.3) is 0 Å². The number of anilines is 1. The summed E-state index contributed by atoms with van der Waals surface area (Å²) >= 11 is 0. The summed E-state index contributed by atoms with van der Waals surface area (Å²) in [5.74, 6) is 0. The molecule has 1 atom stereocenters. The zero-order valence-electron chi connectivity index (χ0n) is 14.3. The highest BCUT2D eigenvalue weighted by molar-refractivity contribution is 5.54. The first kappa shape index (κ1) is 16.4. The smallest absolute Gasteiger partial charge is 0.0414 e. The molecule has 2 heteroatoms. The molecule has 0 aliphatic carbocycles. The highest BCUT2D eigenvalue weighted by Crippen LogP contribution is 2.29. The van der Waals surface area contributed by atoms with Gasteiger partial charge in [0.1, 0.15) is 0 Å². The lowest BCUT2D eigenvalue weighted by Crippen LogP contribution is -2.38. The molecule has 0 bridgehead atoms. The third-order valence-electron chi connectivity index (χ3n) is 4.46. The Morgan fingerprint density at radius 3 is 2.62 bits per heavy atom. The molecule has 0 amide bonds. The zero-order chi connectivity index (χ0) is 15.3. The Bertz CT molecular complexity index is 433. The second-order valence-electron chi connectivity index (χ2n) is 7.34. The second kappa shape index (κ2) is 7.31. The molecule has 0 radical (unpaired) electrons. The number of benzene rings is 1. The van der Waals surface area contributed by atoms with Crippen LogP contribution in [0, 0.1) is 0 Å². The van der Waals surface area contributed by atoms with E-state index in [1.54, 1.807) is 0 Å². The molecule has 1 aliphatic rings. The van der Waals surface area contributed by atoms with E-state index in [0.29, 0.717) is 6.04 Å². The van der Waals surface area contributed by atoms with Crippen molar-refractivity contribution >= 4 is 5.69 Å². The Labute approximate surface area is 130 Å². The van der Waals surface area contributed by atoms with Crippen molar-refractivity contribution in [3.05, 3.63) is 29.8 Å². The van der Waals surface area contributed by atoms with E-state index in [1.807, 2.05) is 0 Å². The number of para-hydroxylation sites is 1. The average molecular weight is 288 g/mol. The van der Waals surface area contributed by atoms with Crippen LogP contribution in [0.3, 0.4) is 0 Å². The molecule has 1 aliphatic heterocycles. The van der Waals surface area contributed by atoms with E-state index < -0.39 is 0 Å². The van der Waals surface area contributed by atoms with Crippen LogP contribution in [0.4, 0.5) is 5.69 Å². The van der Waals surface area contributed by atoms with Crippen molar-refractivity contribution in [2.24, 2.45) is 0 Å². The zero-order valence-corrected chi connectivity index (χ0v) is 14.3. The maximum atomic E-state index is 3.64. The van der Waals surface area contributed by atoms with E-state index in [9.17, 15) is 0 Å². The maximum Gasteiger partial charge on any atom is 0.0414 e. The lowest BCUT2D eigenvalue weighted by atomic mass is 10.0. The van der Waals surface area contributed by atoms with E-state index in [4.69, 9.17) is 0 Å². The normalized spacial score (nSPS) is 20.4. The Morgan fingerprint density at radius 1 is 1.14 bits per heavy atom. The molecule has 118 valence electrons. The summed E-state index contributed by atoms with van der Waals surface area (Å²) in [5.41, 5.74) is 3.05. The summed E-state index contributed by atoms with van der Waals surface area (Å²) in [6.07, 6.45) is 6.70. The van der Waals surface area contributed by atoms with Gasteiger partial charge in [0, 0.05) is 30.4 Å². The quantitative estimate of drug-likeness (QED) is 0.861. The lowest BCUT2D eigenvalue weighted by molar-refractivity contribution is 0.423. The molecule has 1 aromatic carbocycles. The standard InChI is InChI=1S/C19H32N2/c1-5-17-12-7-6-10-14-21(17)18-13-9-8-11-16(18)15-20-19(2,3)4/h8-9,11,13,17,20H,5-7,10,12,14-15H2,1-4H3. The van der Waals surface area contributed by atoms with Crippen molar-refractivity contribution < 1.29 is 0 Å². The van der Waals surface area contributed by atoms with Crippen LogP contribution in [0.1, 0.15) is 65.4 Å². The van der Waals surface area contributed by atoms with Gasteiger partial charge in [0.15, 0.2) is 0 Å². The first-order valence-electron chi connectivity index (χ1n) is 8.61. The molecule has 1 unspecified atom stereocenters. The monoisotopic (exact) mass is 288 g/mol. The number of rotatable bonds is 4. The van der Waals surface area contributed by atoms with Crippen molar-refractivity contribution in [2.75, 3.05) is 11.4 Å². The minimum atomic E-state index is 0.163. The van der Waals surface area contributed by atoms with Crippen molar-refractivity contribution in [2.45, 2.75) is 77.9 Å². The fourth-order valence-corrected chi connectivity index (χ4v) is 3.22. The highest BCUT2D eigenvalue weighted by atomic mass is 15.2. The van der Waals surface area contributed by atoms with Crippen LogP contribution in [0.15, 0.2) is 24.3 Å². The molecule has 1 N–H and O–H groups in total. The number of hydrogen-bond donors (Lipinski definition) is 1. The Hall–Kier alpha value is -1.02. The Balaban J connectivity index is 2.20.